The highest BCUT2D eigenvalue weighted by atomic mass is 16.5. The van der Waals surface area contributed by atoms with Gasteiger partial charge in [-0.15, -0.1) is 0 Å². The average molecular weight is 405 g/mol. The summed E-state index contributed by atoms with van der Waals surface area (Å²) in [5.74, 6) is 1.29. The van der Waals surface area contributed by atoms with Gasteiger partial charge in [-0.1, -0.05) is 43.3 Å². The van der Waals surface area contributed by atoms with Crippen LogP contribution in [0, 0.1) is 0 Å². The molecule has 3 aromatic carbocycles. The number of hydrogen-bond acceptors (Lipinski definition) is 5. The SMILES string of the molecule is CCCNCc1cc(Oc2cccc(NC(=O)OCc3ccccc3)c2)ccc1N. The van der Waals surface area contributed by atoms with E-state index in [0.717, 1.165) is 29.8 Å². The number of benzene rings is 3. The van der Waals surface area contributed by atoms with Crippen molar-refractivity contribution in [3.8, 4) is 11.5 Å². The quantitative estimate of drug-likeness (QED) is 0.332. The molecular formula is C24H27N3O3. The lowest BCUT2D eigenvalue weighted by molar-refractivity contribution is 0.155. The Kier molecular flexibility index (Phi) is 7.69. The molecule has 3 aromatic rings. The lowest BCUT2D eigenvalue weighted by Crippen LogP contribution is -2.15. The van der Waals surface area contributed by atoms with Gasteiger partial charge in [-0.2, -0.15) is 0 Å². The van der Waals surface area contributed by atoms with Crippen molar-refractivity contribution in [2.24, 2.45) is 0 Å². The number of ether oxygens (including phenoxy) is 2. The predicted octanol–water partition coefficient (Wildman–Crippen LogP) is 5.31. The molecule has 0 heterocycles. The largest absolute Gasteiger partial charge is 0.457 e. The Morgan fingerprint density at radius 3 is 2.57 bits per heavy atom. The summed E-state index contributed by atoms with van der Waals surface area (Å²) in [7, 11) is 0. The summed E-state index contributed by atoms with van der Waals surface area (Å²) in [6, 6.07) is 22.3. The zero-order valence-electron chi connectivity index (χ0n) is 17.1. The standard InChI is InChI=1S/C24H27N3O3/c1-2-13-26-16-19-14-22(11-12-23(19)25)30-21-10-6-9-20(15-21)27-24(28)29-17-18-7-4-3-5-8-18/h3-12,14-15,26H,2,13,16-17,25H2,1H3,(H,27,28). The summed E-state index contributed by atoms with van der Waals surface area (Å²) < 4.78 is 11.2. The number of nitrogens with two attached hydrogens (primary N) is 1. The van der Waals surface area contributed by atoms with Crippen LogP contribution in [-0.2, 0) is 17.9 Å². The number of nitrogen functional groups attached to an aromatic ring is 1. The Labute approximate surface area is 177 Å². The molecule has 0 aliphatic carbocycles. The van der Waals surface area contributed by atoms with E-state index >= 15 is 0 Å². The summed E-state index contributed by atoms with van der Waals surface area (Å²) >= 11 is 0. The third-order valence-electron chi connectivity index (χ3n) is 4.39. The number of carbonyl (C=O) groups excluding carboxylic acids is 1. The molecule has 0 unspecified atom stereocenters. The van der Waals surface area contributed by atoms with Crippen LogP contribution in [0.4, 0.5) is 16.2 Å². The van der Waals surface area contributed by atoms with E-state index in [1.165, 1.54) is 0 Å². The molecule has 0 saturated carbocycles. The summed E-state index contributed by atoms with van der Waals surface area (Å²) in [6.45, 7) is 3.95. The molecule has 6 heteroatoms. The van der Waals surface area contributed by atoms with Gasteiger partial charge in [0, 0.05) is 24.0 Å². The molecule has 0 saturated heterocycles. The highest BCUT2D eigenvalue weighted by molar-refractivity contribution is 5.84. The summed E-state index contributed by atoms with van der Waals surface area (Å²) in [5.41, 5.74) is 9.28. The van der Waals surface area contributed by atoms with Crippen LogP contribution in [0.2, 0.25) is 0 Å². The Morgan fingerprint density at radius 1 is 0.967 bits per heavy atom. The minimum absolute atomic E-state index is 0.211. The van der Waals surface area contributed by atoms with Crippen LogP contribution in [-0.4, -0.2) is 12.6 Å². The Hall–Kier alpha value is -3.51. The van der Waals surface area contributed by atoms with E-state index in [2.05, 4.69) is 17.6 Å². The first-order valence-electron chi connectivity index (χ1n) is 9.99. The van der Waals surface area contributed by atoms with E-state index in [-0.39, 0.29) is 6.61 Å². The Balaban J connectivity index is 1.58. The average Bonchev–Trinajstić information content (AvgIpc) is 2.76. The number of anilines is 2. The predicted molar refractivity (Wildman–Crippen MR) is 120 cm³/mol. The second kappa shape index (κ2) is 10.9. The molecule has 0 fully saturated rings. The van der Waals surface area contributed by atoms with E-state index < -0.39 is 6.09 Å². The highest BCUT2D eigenvalue weighted by Crippen LogP contribution is 2.27. The monoisotopic (exact) mass is 405 g/mol. The van der Waals surface area contributed by atoms with E-state index in [1.807, 2.05) is 60.7 Å². The lowest BCUT2D eigenvalue weighted by Gasteiger charge is -2.12. The van der Waals surface area contributed by atoms with Gasteiger partial charge < -0.3 is 20.5 Å². The summed E-state index contributed by atoms with van der Waals surface area (Å²) in [5, 5.41) is 6.06. The van der Waals surface area contributed by atoms with Gasteiger partial charge >= 0.3 is 6.09 Å². The third kappa shape index (κ3) is 6.53. The summed E-state index contributed by atoms with van der Waals surface area (Å²) in [4.78, 5) is 12.1. The van der Waals surface area contributed by atoms with Crippen molar-refractivity contribution in [1.29, 1.82) is 0 Å². The smallest absolute Gasteiger partial charge is 0.411 e. The van der Waals surface area contributed by atoms with Gasteiger partial charge in [0.2, 0.25) is 0 Å². The van der Waals surface area contributed by atoms with Gasteiger partial charge in [0.25, 0.3) is 0 Å². The van der Waals surface area contributed by atoms with Crippen molar-refractivity contribution in [1.82, 2.24) is 5.32 Å². The maximum absolute atomic E-state index is 12.1. The minimum Gasteiger partial charge on any atom is -0.457 e. The van der Waals surface area contributed by atoms with Crippen molar-refractivity contribution < 1.29 is 14.3 Å². The second-order valence-corrected chi connectivity index (χ2v) is 6.85. The van der Waals surface area contributed by atoms with Crippen LogP contribution < -0.4 is 21.1 Å². The first kappa shape index (κ1) is 21.2. The molecule has 0 aliphatic rings. The number of carbonyl (C=O) groups is 1. The second-order valence-electron chi connectivity index (χ2n) is 6.85. The fourth-order valence-electron chi connectivity index (χ4n) is 2.85. The van der Waals surface area contributed by atoms with Gasteiger partial charge in [-0.05, 0) is 54.4 Å². The number of amides is 1. The molecule has 0 spiro atoms. The summed E-state index contributed by atoms with van der Waals surface area (Å²) in [6.07, 6.45) is 0.539. The minimum atomic E-state index is -0.521. The molecule has 0 aromatic heterocycles. The van der Waals surface area contributed by atoms with Crippen LogP contribution in [0.15, 0.2) is 72.8 Å². The fourth-order valence-corrected chi connectivity index (χ4v) is 2.85. The first-order chi connectivity index (χ1) is 14.6. The molecule has 0 atom stereocenters. The fraction of sp³-hybridized carbons (Fsp3) is 0.208. The van der Waals surface area contributed by atoms with Gasteiger partial charge in [-0.3, -0.25) is 5.32 Å². The molecular weight excluding hydrogens is 378 g/mol. The first-order valence-corrected chi connectivity index (χ1v) is 9.99. The Bertz CT molecular complexity index is 961. The molecule has 156 valence electrons. The number of hydrogen-bond donors (Lipinski definition) is 3. The van der Waals surface area contributed by atoms with E-state index in [1.54, 1.807) is 12.1 Å². The number of nitrogens with one attached hydrogen (secondary N) is 2. The molecule has 0 radical (unpaired) electrons. The van der Waals surface area contributed by atoms with Crippen LogP contribution in [0.25, 0.3) is 0 Å². The maximum atomic E-state index is 12.1. The molecule has 4 N–H and O–H groups in total. The van der Waals surface area contributed by atoms with Crippen LogP contribution >= 0.6 is 0 Å². The van der Waals surface area contributed by atoms with Crippen molar-refractivity contribution >= 4 is 17.5 Å². The molecule has 0 bridgehead atoms. The normalized spacial score (nSPS) is 10.4. The van der Waals surface area contributed by atoms with E-state index in [0.29, 0.717) is 23.7 Å². The Morgan fingerprint density at radius 2 is 1.77 bits per heavy atom. The number of rotatable bonds is 9. The van der Waals surface area contributed by atoms with E-state index in [4.69, 9.17) is 15.2 Å². The van der Waals surface area contributed by atoms with Crippen LogP contribution in [0.1, 0.15) is 24.5 Å². The highest BCUT2D eigenvalue weighted by Gasteiger charge is 2.07. The van der Waals surface area contributed by atoms with Crippen molar-refractivity contribution in [2.75, 3.05) is 17.6 Å². The molecule has 30 heavy (non-hydrogen) atoms. The zero-order valence-corrected chi connectivity index (χ0v) is 17.1. The van der Waals surface area contributed by atoms with Gasteiger partial charge in [0.05, 0.1) is 0 Å². The van der Waals surface area contributed by atoms with Gasteiger partial charge in [0.1, 0.15) is 18.1 Å². The lowest BCUT2D eigenvalue weighted by atomic mass is 10.1. The van der Waals surface area contributed by atoms with Crippen molar-refractivity contribution in [3.63, 3.8) is 0 Å². The molecule has 3 rings (SSSR count). The molecule has 0 aliphatic heterocycles. The third-order valence-corrected chi connectivity index (χ3v) is 4.39. The van der Waals surface area contributed by atoms with Gasteiger partial charge in [0.15, 0.2) is 0 Å². The van der Waals surface area contributed by atoms with Crippen molar-refractivity contribution in [2.45, 2.75) is 26.5 Å². The van der Waals surface area contributed by atoms with Gasteiger partial charge in [-0.25, -0.2) is 4.79 Å². The van der Waals surface area contributed by atoms with E-state index in [9.17, 15) is 4.79 Å². The maximum Gasteiger partial charge on any atom is 0.411 e. The topological polar surface area (TPSA) is 85.6 Å². The van der Waals surface area contributed by atoms with Crippen LogP contribution in [0.3, 0.4) is 0 Å². The molecule has 6 nitrogen and oxygen atoms in total. The zero-order chi connectivity index (χ0) is 21.2. The van der Waals surface area contributed by atoms with Crippen molar-refractivity contribution in [3.05, 3.63) is 83.9 Å². The molecule has 1 amide bonds. The van der Waals surface area contributed by atoms with Crippen LogP contribution in [0.5, 0.6) is 11.5 Å².